The van der Waals surface area contributed by atoms with E-state index in [0.29, 0.717) is 34.4 Å². The lowest BCUT2D eigenvalue weighted by Crippen LogP contribution is -2.33. The van der Waals surface area contributed by atoms with Crippen LogP contribution in [0.2, 0.25) is 0 Å². The Labute approximate surface area is 161 Å². The molecule has 146 valence electrons. The maximum absolute atomic E-state index is 14.7. The summed E-state index contributed by atoms with van der Waals surface area (Å²) in [4.78, 5) is 35.4. The SMILES string of the molecule is COc1cc(-c2ccc(N3C[C@H](CNC(C)=O)OC3=O)cc2F)ccc1C=O. The lowest BCUT2D eigenvalue weighted by molar-refractivity contribution is -0.119. The van der Waals surface area contributed by atoms with E-state index in [1.807, 2.05) is 0 Å². The van der Waals surface area contributed by atoms with Crippen LogP contribution in [0.3, 0.4) is 0 Å². The van der Waals surface area contributed by atoms with Gasteiger partial charge in [-0.1, -0.05) is 6.07 Å². The van der Waals surface area contributed by atoms with E-state index in [1.165, 1.54) is 25.0 Å². The number of nitrogens with one attached hydrogen (secondary N) is 1. The first-order valence-corrected chi connectivity index (χ1v) is 8.58. The number of halogens is 1. The Bertz CT molecular complexity index is 931. The average Bonchev–Trinajstić information content (AvgIpc) is 3.06. The Hall–Kier alpha value is -3.42. The molecule has 1 fully saturated rings. The van der Waals surface area contributed by atoms with E-state index in [9.17, 15) is 18.8 Å². The van der Waals surface area contributed by atoms with Crippen molar-refractivity contribution in [2.75, 3.05) is 25.1 Å². The fraction of sp³-hybridized carbons (Fsp3) is 0.250. The Morgan fingerprint density at radius 3 is 2.79 bits per heavy atom. The molecule has 1 aliphatic heterocycles. The highest BCUT2D eigenvalue weighted by molar-refractivity contribution is 5.90. The van der Waals surface area contributed by atoms with Crippen molar-refractivity contribution in [2.24, 2.45) is 0 Å². The zero-order chi connectivity index (χ0) is 20.3. The fourth-order valence-electron chi connectivity index (χ4n) is 2.98. The summed E-state index contributed by atoms with van der Waals surface area (Å²) in [6, 6.07) is 9.17. The minimum absolute atomic E-state index is 0.195. The van der Waals surface area contributed by atoms with Gasteiger partial charge in [0, 0.05) is 12.5 Å². The van der Waals surface area contributed by atoms with Crippen LogP contribution in [0.25, 0.3) is 11.1 Å². The number of benzene rings is 2. The standard InChI is InChI=1S/C20H19FN2O5/c1-12(25)22-9-16-10-23(20(26)28-16)15-5-6-17(18(21)8-15)13-3-4-14(11-24)19(7-13)27-2/h3-8,11,16H,9-10H2,1-2H3,(H,22,25)/t16-/m0/s1. The van der Waals surface area contributed by atoms with Gasteiger partial charge in [-0.05, 0) is 35.9 Å². The smallest absolute Gasteiger partial charge is 0.414 e. The van der Waals surface area contributed by atoms with Crippen molar-refractivity contribution in [1.82, 2.24) is 5.32 Å². The highest BCUT2D eigenvalue weighted by Gasteiger charge is 2.32. The second kappa shape index (κ2) is 8.08. The van der Waals surface area contributed by atoms with Crippen LogP contribution in [0.4, 0.5) is 14.9 Å². The van der Waals surface area contributed by atoms with Gasteiger partial charge in [0.2, 0.25) is 5.91 Å². The van der Waals surface area contributed by atoms with Crippen molar-refractivity contribution in [2.45, 2.75) is 13.0 Å². The minimum atomic E-state index is -0.598. The van der Waals surface area contributed by atoms with Crippen LogP contribution in [0.5, 0.6) is 5.75 Å². The van der Waals surface area contributed by atoms with Crippen LogP contribution in [0.15, 0.2) is 36.4 Å². The molecule has 3 rings (SSSR count). The third-order valence-electron chi connectivity index (χ3n) is 4.39. The average molecular weight is 386 g/mol. The van der Waals surface area contributed by atoms with Crippen molar-refractivity contribution in [3.05, 3.63) is 47.8 Å². The van der Waals surface area contributed by atoms with Crippen LogP contribution in [0.1, 0.15) is 17.3 Å². The van der Waals surface area contributed by atoms with Crippen molar-refractivity contribution in [1.29, 1.82) is 0 Å². The molecule has 1 atom stereocenters. The number of hydrogen-bond donors (Lipinski definition) is 1. The molecule has 0 saturated carbocycles. The molecule has 0 aromatic heterocycles. The molecule has 0 spiro atoms. The molecule has 0 aliphatic carbocycles. The van der Waals surface area contributed by atoms with E-state index >= 15 is 0 Å². The molecule has 7 nitrogen and oxygen atoms in total. The van der Waals surface area contributed by atoms with Gasteiger partial charge in [-0.25, -0.2) is 9.18 Å². The molecule has 2 aromatic rings. The molecule has 2 amide bonds. The molecule has 8 heteroatoms. The molecule has 1 heterocycles. The number of amides is 2. The highest BCUT2D eigenvalue weighted by Crippen LogP contribution is 2.31. The second-order valence-corrected chi connectivity index (χ2v) is 6.29. The number of nitrogens with zero attached hydrogens (tertiary/aromatic N) is 1. The predicted molar refractivity (Wildman–Crippen MR) is 100 cm³/mol. The number of rotatable bonds is 6. The van der Waals surface area contributed by atoms with Gasteiger partial charge in [-0.15, -0.1) is 0 Å². The number of methoxy groups -OCH3 is 1. The van der Waals surface area contributed by atoms with Gasteiger partial charge in [0.1, 0.15) is 17.7 Å². The lowest BCUT2D eigenvalue weighted by atomic mass is 10.0. The first kappa shape index (κ1) is 19.3. The summed E-state index contributed by atoms with van der Waals surface area (Å²) < 4.78 is 25.1. The molecule has 0 unspecified atom stereocenters. The minimum Gasteiger partial charge on any atom is -0.496 e. The maximum atomic E-state index is 14.7. The van der Waals surface area contributed by atoms with Crippen LogP contribution >= 0.6 is 0 Å². The first-order valence-electron chi connectivity index (χ1n) is 8.58. The fourth-order valence-corrected chi connectivity index (χ4v) is 2.98. The van der Waals surface area contributed by atoms with Gasteiger partial charge in [0.15, 0.2) is 6.29 Å². The van der Waals surface area contributed by atoms with Crippen LogP contribution in [-0.2, 0) is 9.53 Å². The van der Waals surface area contributed by atoms with Gasteiger partial charge in [0.05, 0.1) is 31.5 Å². The number of ether oxygens (including phenoxy) is 2. The quantitative estimate of drug-likeness (QED) is 0.772. The summed E-state index contributed by atoms with van der Waals surface area (Å²) in [7, 11) is 1.43. The molecule has 1 N–H and O–H groups in total. The van der Waals surface area contributed by atoms with Gasteiger partial charge in [0.25, 0.3) is 0 Å². The number of carbonyl (C=O) groups excluding carboxylic acids is 3. The van der Waals surface area contributed by atoms with Gasteiger partial charge in [-0.3, -0.25) is 14.5 Å². The summed E-state index contributed by atoms with van der Waals surface area (Å²) in [5, 5.41) is 2.59. The summed E-state index contributed by atoms with van der Waals surface area (Å²) in [6.45, 7) is 1.78. The van der Waals surface area contributed by atoms with E-state index in [2.05, 4.69) is 5.32 Å². The molecular weight excluding hydrogens is 367 g/mol. The molecule has 0 radical (unpaired) electrons. The van der Waals surface area contributed by atoms with Crippen LogP contribution in [0, 0.1) is 5.82 Å². The second-order valence-electron chi connectivity index (χ2n) is 6.29. The summed E-state index contributed by atoms with van der Waals surface area (Å²) in [5.74, 6) is -0.405. The van der Waals surface area contributed by atoms with E-state index in [1.54, 1.807) is 30.3 Å². The predicted octanol–water partition coefficient (Wildman–Crippen LogP) is 2.78. The molecule has 2 aromatic carbocycles. The maximum Gasteiger partial charge on any atom is 0.414 e. The van der Waals surface area contributed by atoms with Crippen LogP contribution in [-0.4, -0.2) is 44.6 Å². The molecule has 1 aliphatic rings. The monoisotopic (exact) mass is 386 g/mol. The molecule has 28 heavy (non-hydrogen) atoms. The highest BCUT2D eigenvalue weighted by atomic mass is 19.1. The number of cyclic esters (lactones) is 1. The topological polar surface area (TPSA) is 84.9 Å². The number of aldehydes is 1. The molecular formula is C20H19FN2O5. The third-order valence-corrected chi connectivity index (χ3v) is 4.39. The Morgan fingerprint density at radius 1 is 1.36 bits per heavy atom. The number of hydrogen-bond acceptors (Lipinski definition) is 5. The van der Waals surface area contributed by atoms with E-state index in [4.69, 9.17) is 9.47 Å². The van der Waals surface area contributed by atoms with Gasteiger partial charge in [-0.2, -0.15) is 0 Å². The lowest BCUT2D eigenvalue weighted by Gasteiger charge is -2.15. The van der Waals surface area contributed by atoms with Crippen molar-refractivity contribution in [3.8, 4) is 16.9 Å². The molecule has 0 bridgehead atoms. The van der Waals surface area contributed by atoms with Crippen molar-refractivity contribution in [3.63, 3.8) is 0 Å². The summed E-state index contributed by atoms with van der Waals surface area (Å²) >= 11 is 0. The normalized spacial score (nSPS) is 15.9. The van der Waals surface area contributed by atoms with Gasteiger partial charge >= 0.3 is 6.09 Å². The van der Waals surface area contributed by atoms with E-state index in [-0.39, 0.29) is 19.0 Å². The first-order chi connectivity index (χ1) is 13.4. The Morgan fingerprint density at radius 2 is 2.14 bits per heavy atom. The number of anilines is 1. The zero-order valence-electron chi connectivity index (χ0n) is 15.4. The molecule has 1 saturated heterocycles. The largest absolute Gasteiger partial charge is 0.496 e. The van der Waals surface area contributed by atoms with E-state index in [0.717, 1.165) is 0 Å². The van der Waals surface area contributed by atoms with Crippen molar-refractivity contribution >= 4 is 24.0 Å². The Kier molecular flexibility index (Phi) is 5.58. The van der Waals surface area contributed by atoms with Crippen LogP contribution < -0.4 is 15.0 Å². The summed E-state index contributed by atoms with van der Waals surface area (Å²) in [5.41, 5.74) is 1.57. The van der Waals surface area contributed by atoms with E-state index < -0.39 is 18.0 Å². The zero-order valence-corrected chi connectivity index (χ0v) is 15.4. The number of carbonyl (C=O) groups is 3. The summed E-state index contributed by atoms with van der Waals surface area (Å²) in [6.07, 6.45) is -0.433. The van der Waals surface area contributed by atoms with Gasteiger partial charge < -0.3 is 14.8 Å². The Balaban J connectivity index is 1.82. The van der Waals surface area contributed by atoms with Crippen molar-refractivity contribution < 1.29 is 28.2 Å². The third kappa shape index (κ3) is 3.95.